The van der Waals surface area contributed by atoms with E-state index in [0.717, 1.165) is 5.56 Å². The van der Waals surface area contributed by atoms with Crippen molar-refractivity contribution in [2.45, 2.75) is 12.5 Å². The van der Waals surface area contributed by atoms with E-state index in [9.17, 15) is 9.18 Å². The van der Waals surface area contributed by atoms with Crippen molar-refractivity contribution in [1.29, 1.82) is 0 Å². The SMILES string of the molecule is N[C@@H]1COc2c(ccc(N3CCN(C(=O)O)CC3)c2F)C1. The molecule has 1 amide bonds. The van der Waals surface area contributed by atoms with Crippen molar-refractivity contribution in [3.05, 3.63) is 23.5 Å². The Morgan fingerprint density at radius 2 is 2.05 bits per heavy atom. The number of nitrogens with zero attached hydrogens (tertiary/aromatic N) is 2. The molecule has 1 atom stereocenters. The van der Waals surface area contributed by atoms with Crippen LogP contribution in [0.5, 0.6) is 5.75 Å². The van der Waals surface area contributed by atoms with Crippen LogP contribution in [0.1, 0.15) is 5.56 Å². The van der Waals surface area contributed by atoms with Gasteiger partial charge < -0.3 is 25.4 Å². The lowest BCUT2D eigenvalue weighted by Crippen LogP contribution is -2.48. The molecular weight excluding hydrogens is 277 g/mol. The van der Waals surface area contributed by atoms with Crippen molar-refractivity contribution < 1.29 is 19.0 Å². The van der Waals surface area contributed by atoms with Crippen molar-refractivity contribution in [3.63, 3.8) is 0 Å². The Bertz CT molecular complexity index is 559. The number of amides is 1. The van der Waals surface area contributed by atoms with Crippen LogP contribution in [0.15, 0.2) is 12.1 Å². The highest BCUT2D eigenvalue weighted by Crippen LogP contribution is 2.34. The van der Waals surface area contributed by atoms with E-state index >= 15 is 0 Å². The molecule has 1 aromatic carbocycles. The van der Waals surface area contributed by atoms with Gasteiger partial charge in [0.1, 0.15) is 6.61 Å². The zero-order chi connectivity index (χ0) is 15.0. The first-order valence-electron chi connectivity index (χ1n) is 6.99. The maximum atomic E-state index is 14.6. The van der Waals surface area contributed by atoms with Crippen LogP contribution in [0.3, 0.4) is 0 Å². The molecule has 2 heterocycles. The fraction of sp³-hybridized carbons (Fsp3) is 0.500. The number of hydrogen-bond donors (Lipinski definition) is 2. The van der Waals surface area contributed by atoms with E-state index in [2.05, 4.69) is 0 Å². The first kappa shape index (κ1) is 13.9. The first-order chi connectivity index (χ1) is 10.1. The lowest BCUT2D eigenvalue weighted by atomic mass is 10.0. The van der Waals surface area contributed by atoms with Crippen molar-refractivity contribution >= 4 is 11.8 Å². The molecule has 1 aromatic rings. The molecule has 0 spiro atoms. The van der Waals surface area contributed by atoms with E-state index in [4.69, 9.17) is 15.6 Å². The summed E-state index contributed by atoms with van der Waals surface area (Å²) in [5, 5.41) is 8.93. The second-order valence-corrected chi connectivity index (χ2v) is 5.42. The maximum Gasteiger partial charge on any atom is 0.407 e. The molecule has 7 heteroatoms. The highest BCUT2D eigenvalue weighted by atomic mass is 19.1. The lowest BCUT2D eigenvalue weighted by molar-refractivity contribution is 0.142. The zero-order valence-electron chi connectivity index (χ0n) is 11.6. The van der Waals surface area contributed by atoms with Gasteiger partial charge in [0.15, 0.2) is 11.6 Å². The number of carbonyl (C=O) groups is 1. The van der Waals surface area contributed by atoms with Gasteiger partial charge in [-0.2, -0.15) is 0 Å². The van der Waals surface area contributed by atoms with E-state index in [-0.39, 0.29) is 17.6 Å². The van der Waals surface area contributed by atoms with Gasteiger partial charge in [0, 0.05) is 32.2 Å². The van der Waals surface area contributed by atoms with E-state index in [1.54, 1.807) is 6.07 Å². The van der Waals surface area contributed by atoms with Crippen LogP contribution in [0, 0.1) is 5.82 Å². The van der Waals surface area contributed by atoms with E-state index < -0.39 is 6.09 Å². The molecule has 1 saturated heterocycles. The topological polar surface area (TPSA) is 79.0 Å². The normalized spacial score (nSPS) is 21.7. The van der Waals surface area contributed by atoms with Crippen molar-refractivity contribution in [2.24, 2.45) is 5.73 Å². The zero-order valence-corrected chi connectivity index (χ0v) is 11.6. The lowest BCUT2D eigenvalue weighted by Gasteiger charge is -2.35. The molecule has 3 N–H and O–H groups in total. The van der Waals surface area contributed by atoms with Crippen LogP contribution in [0.2, 0.25) is 0 Å². The number of benzene rings is 1. The van der Waals surface area contributed by atoms with Gasteiger partial charge in [0.2, 0.25) is 0 Å². The van der Waals surface area contributed by atoms with Gasteiger partial charge in [0.25, 0.3) is 0 Å². The van der Waals surface area contributed by atoms with Gasteiger partial charge >= 0.3 is 6.09 Å². The molecule has 0 saturated carbocycles. The fourth-order valence-electron chi connectivity index (χ4n) is 2.82. The van der Waals surface area contributed by atoms with Crippen LogP contribution in [0.4, 0.5) is 14.9 Å². The van der Waals surface area contributed by atoms with Crippen LogP contribution >= 0.6 is 0 Å². The third-order valence-corrected chi connectivity index (χ3v) is 3.97. The summed E-state index contributed by atoms with van der Waals surface area (Å²) in [6, 6.07) is 3.48. The van der Waals surface area contributed by atoms with Crippen LogP contribution in [-0.4, -0.2) is 54.9 Å². The Labute approximate surface area is 121 Å². The monoisotopic (exact) mass is 295 g/mol. The van der Waals surface area contributed by atoms with Gasteiger partial charge in [-0.3, -0.25) is 0 Å². The Morgan fingerprint density at radius 1 is 1.33 bits per heavy atom. The standard InChI is InChI=1S/C14H18FN3O3/c15-12-11(17-3-5-18(6-4-17)14(19)20)2-1-9-7-10(16)8-21-13(9)12/h1-2,10H,3-8,16H2,(H,19,20)/t10-/m0/s1. The molecule has 21 heavy (non-hydrogen) atoms. The average molecular weight is 295 g/mol. The number of rotatable bonds is 1. The highest BCUT2D eigenvalue weighted by molar-refractivity contribution is 5.66. The molecule has 2 aliphatic heterocycles. The van der Waals surface area contributed by atoms with E-state index in [1.807, 2.05) is 11.0 Å². The molecule has 0 aliphatic carbocycles. The summed E-state index contributed by atoms with van der Waals surface area (Å²) in [5.74, 6) is -0.0851. The maximum absolute atomic E-state index is 14.6. The number of carboxylic acid groups (broad SMARTS) is 1. The summed E-state index contributed by atoms with van der Waals surface area (Å²) < 4.78 is 20.0. The third-order valence-electron chi connectivity index (χ3n) is 3.97. The Balaban J connectivity index is 1.79. The predicted octanol–water partition coefficient (Wildman–Crippen LogP) is 0.888. The number of halogens is 1. The molecule has 3 rings (SSSR count). The number of anilines is 1. The minimum atomic E-state index is -0.933. The van der Waals surface area contributed by atoms with E-state index in [0.29, 0.717) is 44.9 Å². The Morgan fingerprint density at radius 3 is 2.71 bits per heavy atom. The molecule has 0 aromatic heterocycles. The number of hydrogen-bond acceptors (Lipinski definition) is 4. The largest absolute Gasteiger partial charge is 0.489 e. The molecule has 6 nitrogen and oxygen atoms in total. The van der Waals surface area contributed by atoms with E-state index in [1.165, 1.54) is 4.90 Å². The summed E-state index contributed by atoms with van der Waals surface area (Å²) in [5.41, 5.74) is 7.06. The molecule has 0 radical (unpaired) electrons. The minimum absolute atomic E-state index is 0.0955. The van der Waals surface area contributed by atoms with Crippen LogP contribution in [-0.2, 0) is 6.42 Å². The summed E-state index contributed by atoms with van der Waals surface area (Å²) in [6.07, 6.45) is -0.322. The van der Waals surface area contributed by atoms with Gasteiger partial charge in [0.05, 0.1) is 5.69 Å². The highest BCUT2D eigenvalue weighted by Gasteiger charge is 2.27. The average Bonchev–Trinajstić information content (AvgIpc) is 2.47. The molecule has 114 valence electrons. The summed E-state index contributed by atoms with van der Waals surface area (Å²) in [7, 11) is 0. The van der Waals surface area contributed by atoms with Gasteiger partial charge in [-0.1, -0.05) is 6.07 Å². The van der Waals surface area contributed by atoms with Crippen molar-refractivity contribution in [1.82, 2.24) is 4.90 Å². The van der Waals surface area contributed by atoms with Crippen LogP contribution in [0.25, 0.3) is 0 Å². The molecule has 0 bridgehead atoms. The molecule has 2 aliphatic rings. The number of ether oxygens (including phenoxy) is 1. The summed E-state index contributed by atoms with van der Waals surface area (Å²) >= 11 is 0. The number of piperazine rings is 1. The predicted molar refractivity (Wildman–Crippen MR) is 75.4 cm³/mol. The molecule has 0 unspecified atom stereocenters. The summed E-state index contributed by atoms with van der Waals surface area (Å²) in [4.78, 5) is 14.1. The van der Waals surface area contributed by atoms with Gasteiger partial charge in [-0.05, 0) is 18.1 Å². The number of fused-ring (bicyclic) bond motifs is 1. The third kappa shape index (κ3) is 2.61. The van der Waals surface area contributed by atoms with Crippen molar-refractivity contribution in [3.8, 4) is 5.75 Å². The second kappa shape index (κ2) is 5.40. The van der Waals surface area contributed by atoms with Gasteiger partial charge in [-0.15, -0.1) is 0 Å². The quantitative estimate of drug-likeness (QED) is 0.804. The second-order valence-electron chi connectivity index (χ2n) is 5.42. The fourth-order valence-corrected chi connectivity index (χ4v) is 2.82. The Kier molecular flexibility index (Phi) is 3.59. The minimum Gasteiger partial charge on any atom is -0.489 e. The number of nitrogens with two attached hydrogens (primary N) is 1. The van der Waals surface area contributed by atoms with Crippen LogP contribution < -0.4 is 15.4 Å². The Hall–Kier alpha value is -2.02. The molecule has 1 fully saturated rings. The smallest absolute Gasteiger partial charge is 0.407 e. The van der Waals surface area contributed by atoms with Gasteiger partial charge in [-0.25, -0.2) is 9.18 Å². The molecular formula is C14H18FN3O3. The summed E-state index contributed by atoms with van der Waals surface area (Å²) in [6.45, 7) is 2.01. The first-order valence-corrected chi connectivity index (χ1v) is 6.99. The van der Waals surface area contributed by atoms with Crippen molar-refractivity contribution in [2.75, 3.05) is 37.7 Å².